The van der Waals surface area contributed by atoms with Crippen LogP contribution in [0.3, 0.4) is 0 Å². The molecular weight excluding hydrogens is 180 g/mol. The molecule has 0 aromatic rings. The van der Waals surface area contributed by atoms with E-state index in [-0.39, 0.29) is 11.8 Å². The van der Waals surface area contributed by atoms with Crippen LogP contribution in [0, 0.1) is 0 Å². The first-order valence-corrected chi connectivity index (χ1v) is 5.18. The fourth-order valence-corrected chi connectivity index (χ4v) is 1.01. The fraction of sp³-hybridized carbons (Fsp3) is 0.800. The summed E-state index contributed by atoms with van der Waals surface area (Å²) >= 11 is 0. The third-order valence-corrected chi connectivity index (χ3v) is 1.81. The van der Waals surface area contributed by atoms with Gasteiger partial charge in [0.25, 0.3) is 0 Å². The normalized spacial score (nSPS) is 9.57. The molecule has 0 radical (unpaired) electrons. The van der Waals surface area contributed by atoms with Crippen LogP contribution in [0.4, 0.5) is 0 Å². The maximum absolute atomic E-state index is 11.1. The van der Waals surface area contributed by atoms with Crippen LogP contribution in [-0.2, 0) is 9.59 Å². The van der Waals surface area contributed by atoms with Gasteiger partial charge < -0.3 is 10.6 Å². The summed E-state index contributed by atoms with van der Waals surface area (Å²) in [4.78, 5) is 21.6. The Bertz CT molecular complexity index is 181. The zero-order valence-electron chi connectivity index (χ0n) is 9.06. The Morgan fingerprint density at radius 1 is 1.07 bits per heavy atom. The third kappa shape index (κ3) is 9.03. The van der Waals surface area contributed by atoms with Gasteiger partial charge in [-0.3, -0.25) is 9.59 Å². The molecule has 0 bridgehead atoms. The maximum Gasteiger partial charge on any atom is 0.219 e. The summed E-state index contributed by atoms with van der Waals surface area (Å²) in [6, 6.07) is 0. The van der Waals surface area contributed by atoms with E-state index in [4.69, 9.17) is 0 Å². The SMILES string of the molecule is CCCCC(=O)NCCCNC(C)=O. The summed E-state index contributed by atoms with van der Waals surface area (Å²) in [6.45, 7) is 4.82. The topological polar surface area (TPSA) is 58.2 Å². The highest BCUT2D eigenvalue weighted by Gasteiger charge is 1.98. The van der Waals surface area contributed by atoms with Crippen molar-refractivity contribution in [2.75, 3.05) is 13.1 Å². The number of carbonyl (C=O) groups excluding carboxylic acids is 2. The van der Waals surface area contributed by atoms with E-state index in [1.54, 1.807) is 0 Å². The van der Waals surface area contributed by atoms with Crippen molar-refractivity contribution in [2.24, 2.45) is 0 Å². The third-order valence-electron chi connectivity index (χ3n) is 1.81. The van der Waals surface area contributed by atoms with Gasteiger partial charge in [0.15, 0.2) is 0 Å². The van der Waals surface area contributed by atoms with Crippen molar-refractivity contribution in [3.8, 4) is 0 Å². The van der Waals surface area contributed by atoms with E-state index in [9.17, 15) is 9.59 Å². The quantitative estimate of drug-likeness (QED) is 0.598. The van der Waals surface area contributed by atoms with Gasteiger partial charge in [0, 0.05) is 26.4 Å². The monoisotopic (exact) mass is 200 g/mol. The summed E-state index contributed by atoms with van der Waals surface area (Å²) in [5, 5.41) is 5.47. The minimum atomic E-state index is -0.0256. The standard InChI is InChI=1S/C10H20N2O2/c1-3-4-6-10(14)12-8-5-7-11-9(2)13/h3-8H2,1-2H3,(H,11,13)(H,12,14). The summed E-state index contributed by atoms with van der Waals surface area (Å²) in [6.07, 6.45) is 3.38. The van der Waals surface area contributed by atoms with Crippen molar-refractivity contribution in [1.29, 1.82) is 0 Å². The largest absolute Gasteiger partial charge is 0.356 e. The lowest BCUT2D eigenvalue weighted by molar-refractivity contribution is -0.121. The second kappa shape index (κ2) is 8.53. The van der Waals surface area contributed by atoms with Crippen LogP contribution in [0.15, 0.2) is 0 Å². The summed E-state index contributed by atoms with van der Waals surface area (Å²) in [5.41, 5.74) is 0. The van der Waals surface area contributed by atoms with Crippen LogP contribution >= 0.6 is 0 Å². The van der Waals surface area contributed by atoms with E-state index >= 15 is 0 Å². The Labute approximate surface area is 85.4 Å². The molecule has 2 N–H and O–H groups in total. The summed E-state index contributed by atoms with van der Waals surface area (Å²) < 4.78 is 0. The smallest absolute Gasteiger partial charge is 0.219 e. The molecule has 0 saturated carbocycles. The van der Waals surface area contributed by atoms with Gasteiger partial charge in [0.05, 0.1) is 0 Å². The molecule has 2 amide bonds. The molecule has 82 valence electrons. The van der Waals surface area contributed by atoms with Crippen molar-refractivity contribution in [1.82, 2.24) is 10.6 Å². The van der Waals surface area contributed by atoms with E-state index in [2.05, 4.69) is 17.6 Å². The van der Waals surface area contributed by atoms with Crippen LogP contribution in [0.2, 0.25) is 0 Å². The number of unbranched alkanes of at least 4 members (excludes halogenated alkanes) is 1. The Morgan fingerprint density at radius 3 is 2.29 bits per heavy atom. The predicted molar refractivity (Wildman–Crippen MR) is 55.8 cm³/mol. The Morgan fingerprint density at radius 2 is 1.71 bits per heavy atom. The van der Waals surface area contributed by atoms with Gasteiger partial charge >= 0.3 is 0 Å². The molecule has 0 saturated heterocycles. The van der Waals surface area contributed by atoms with Gasteiger partial charge in [-0.1, -0.05) is 13.3 Å². The first kappa shape index (κ1) is 12.9. The molecule has 4 nitrogen and oxygen atoms in total. The average Bonchev–Trinajstić information content (AvgIpc) is 2.13. The molecule has 14 heavy (non-hydrogen) atoms. The maximum atomic E-state index is 11.1. The van der Waals surface area contributed by atoms with Crippen molar-refractivity contribution in [3.63, 3.8) is 0 Å². The van der Waals surface area contributed by atoms with Gasteiger partial charge in [-0.2, -0.15) is 0 Å². The number of hydrogen-bond acceptors (Lipinski definition) is 2. The minimum Gasteiger partial charge on any atom is -0.356 e. The lowest BCUT2D eigenvalue weighted by Crippen LogP contribution is -2.28. The van der Waals surface area contributed by atoms with Crippen LogP contribution in [0.25, 0.3) is 0 Å². The molecular formula is C10H20N2O2. The van der Waals surface area contributed by atoms with Crippen molar-refractivity contribution in [2.45, 2.75) is 39.5 Å². The Balaban J connectivity index is 3.19. The van der Waals surface area contributed by atoms with Crippen molar-refractivity contribution >= 4 is 11.8 Å². The van der Waals surface area contributed by atoms with Crippen molar-refractivity contribution < 1.29 is 9.59 Å². The van der Waals surface area contributed by atoms with Gasteiger partial charge in [0.1, 0.15) is 0 Å². The molecule has 0 atom stereocenters. The first-order chi connectivity index (χ1) is 6.66. The molecule has 0 aromatic heterocycles. The summed E-state index contributed by atoms with van der Waals surface area (Å²) in [5.74, 6) is 0.0805. The molecule has 0 unspecified atom stereocenters. The van der Waals surface area contributed by atoms with Gasteiger partial charge in [-0.25, -0.2) is 0 Å². The lowest BCUT2D eigenvalue weighted by atomic mass is 10.2. The number of carbonyl (C=O) groups is 2. The Hall–Kier alpha value is -1.06. The number of amides is 2. The highest BCUT2D eigenvalue weighted by atomic mass is 16.2. The summed E-state index contributed by atoms with van der Waals surface area (Å²) in [7, 11) is 0. The highest BCUT2D eigenvalue weighted by molar-refractivity contribution is 5.75. The number of nitrogens with one attached hydrogen (secondary N) is 2. The lowest BCUT2D eigenvalue weighted by Gasteiger charge is -2.04. The van der Waals surface area contributed by atoms with E-state index in [0.29, 0.717) is 19.5 Å². The van der Waals surface area contributed by atoms with E-state index in [1.807, 2.05) is 0 Å². The molecule has 0 spiro atoms. The minimum absolute atomic E-state index is 0.0256. The zero-order valence-corrected chi connectivity index (χ0v) is 9.06. The van der Waals surface area contributed by atoms with Gasteiger partial charge in [-0.15, -0.1) is 0 Å². The van der Waals surface area contributed by atoms with Crippen LogP contribution in [-0.4, -0.2) is 24.9 Å². The molecule has 0 heterocycles. The average molecular weight is 200 g/mol. The second-order valence-electron chi connectivity index (χ2n) is 3.29. The van der Waals surface area contributed by atoms with Crippen LogP contribution < -0.4 is 10.6 Å². The zero-order chi connectivity index (χ0) is 10.8. The molecule has 0 rings (SSSR count). The van der Waals surface area contributed by atoms with Gasteiger partial charge in [0.2, 0.25) is 11.8 Å². The molecule has 0 aliphatic rings. The van der Waals surface area contributed by atoms with Crippen molar-refractivity contribution in [3.05, 3.63) is 0 Å². The van der Waals surface area contributed by atoms with E-state index in [0.717, 1.165) is 19.3 Å². The number of rotatable bonds is 7. The first-order valence-electron chi connectivity index (χ1n) is 5.18. The number of hydrogen-bond donors (Lipinski definition) is 2. The van der Waals surface area contributed by atoms with Crippen LogP contribution in [0.1, 0.15) is 39.5 Å². The fourth-order valence-electron chi connectivity index (χ4n) is 1.01. The molecule has 0 fully saturated rings. The van der Waals surface area contributed by atoms with E-state index < -0.39 is 0 Å². The second-order valence-corrected chi connectivity index (χ2v) is 3.29. The molecule has 0 aliphatic carbocycles. The van der Waals surface area contributed by atoms with Crippen LogP contribution in [0.5, 0.6) is 0 Å². The molecule has 4 heteroatoms. The Kier molecular flexibility index (Phi) is 7.89. The molecule has 0 aliphatic heterocycles. The van der Waals surface area contributed by atoms with Gasteiger partial charge in [-0.05, 0) is 12.8 Å². The highest BCUT2D eigenvalue weighted by Crippen LogP contribution is 1.92. The molecule has 0 aromatic carbocycles. The predicted octanol–water partition coefficient (Wildman–Crippen LogP) is 0.819. The van der Waals surface area contributed by atoms with E-state index in [1.165, 1.54) is 6.92 Å².